The average molecular weight is 298 g/mol. The van der Waals surface area contributed by atoms with Gasteiger partial charge in [-0.15, -0.1) is 11.6 Å². The number of hydrogen-bond donors (Lipinski definition) is 0. The first-order valence-electron chi connectivity index (χ1n) is 5.90. The van der Waals surface area contributed by atoms with Gasteiger partial charge in [0.15, 0.2) is 0 Å². The van der Waals surface area contributed by atoms with E-state index in [2.05, 4.69) is 0 Å². The molecule has 19 heavy (non-hydrogen) atoms. The minimum absolute atomic E-state index is 0.255. The van der Waals surface area contributed by atoms with Crippen molar-refractivity contribution in [2.45, 2.75) is 12.4 Å². The van der Waals surface area contributed by atoms with E-state index in [9.17, 15) is 4.39 Å². The van der Waals surface area contributed by atoms with Crippen molar-refractivity contribution in [3.05, 3.63) is 64.4 Å². The smallest absolute Gasteiger partial charge is 0.146 e. The lowest BCUT2D eigenvalue weighted by Crippen LogP contribution is -2.17. The van der Waals surface area contributed by atoms with E-state index in [4.69, 9.17) is 23.2 Å². The van der Waals surface area contributed by atoms with Crippen molar-refractivity contribution in [3.63, 3.8) is 0 Å². The van der Waals surface area contributed by atoms with E-state index in [0.717, 1.165) is 11.1 Å². The van der Waals surface area contributed by atoms with Crippen LogP contribution in [0.15, 0.2) is 42.5 Å². The van der Waals surface area contributed by atoms with Crippen LogP contribution in [0.25, 0.3) is 0 Å². The molecule has 0 aliphatic heterocycles. The van der Waals surface area contributed by atoms with Crippen LogP contribution in [0.2, 0.25) is 5.02 Å². The number of hydrogen-bond acceptors (Lipinski definition) is 1. The molecule has 2 rings (SSSR count). The largest absolute Gasteiger partial charge is 0.368 e. The van der Waals surface area contributed by atoms with Crippen molar-refractivity contribution in [1.82, 2.24) is 0 Å². The molecule has 0 atom stereocenters. The number of halogens is 3. The second-order valence-corrected chi connectivity index (χ2v) is 5.11. The molecule has 0 aliphatic carbocycles. The lowest BCUT2D eigenvalue weighted by Gasteiger charge is -2.20. The summed E-state index contributed by atoms with van der Waals surface area (Å²) in [4.78, 5) is 1.86. The summed E-state index contributed by atoms with van der Waals surface area (Å²) in [6.07, 6.45) is 0. The summed E-state index contributed by atoms with van der Waals surface area (Å²) in [6.45, 7) is 0.619. The van der Waals surface area contributed by atoms with Gasteiger partial charge in [-0.2, -0.15) is 0 Å². The van der Waals surface area contributed by atoms with E-state index >= 15 is 0 Å². The lowest BCUT2D eigenvalue weighted by molar-refractivity contribution is 0.621. The quantitative estimate of drug-likeness (QED) is 0.729. The summed E-state index contributed by atoms with van der Waals surface area (Å²) < 4.78 is 13.9. The third-order valence-corrected chi connectivity index (χ3v) is 3.47. The Hall–Kier alpha value is -1.25. The van der Waals surface area contributed by atoms with Gasteiger partial charge in [0.2, 0.25) is 0 Å². The molecule has 2 aromatic rings. The van der Waals surface area contributed by atoms with Crippen LogP contribution in [0, 0.1) is 5.82 Å². The van der Waals surface area contributed by atoms with E-state index in [1.165, 1.54) is 6.07 Å². The van der Waals surface area contributed by atoms with E-state index < -0.39 is 0 Å². The summed E-state index contributed by atoms with van der Waals surface area (Å²) in [6, 6.07) is 12.6. The van der Waals surface area contributed by atoms with Crippen molar-refractivity contribution in [2.24, 2.45) is 0 Å². The summed E-state index contributed by atoms with van der Waals surface area (Å²) >= 11 is 11.5. The van der Waals surface area contributed by atoms with Crippen molar-refractivity contribution in [2.75, 3.05) is 11.9 Å². The molecule has 2 aromatic carbocycles. The molecule has 0 heterocycles. The van der Waals surface area contributed by atoms with Gasteiger partial charge in [0.25, 0.3) is 0 Å². The third kappa shape index (κ3) is 3.62. The number of benzene rings is 2. The maximum Gasteiger partial charge on any atom is 0.146 e. The Bertz CT molecular complexity index is 555. The van der Waals surface area contributed by atoms with E-state index in [1.807, 2.05) is 42.3 Å². The molecule has 0 bridgehead atoms. The fourth-order valence-corrected chi connectivity index (χ4v) is 2.18. The molecular weight excluding hydrogens is 284 g/mol. The Labute approximate surface area is 122 Å². The number of nitrogens with zero attached hydrogens (tertiary/aromatic N) is 1. The summed E-state index contributed by atoms with van der Waals surface area (Å²) in [7, 11) is 1.85. The Morgan fingerprint density at radius 3 is 2.26 bits per heavy atom. The molecule has 0 radical (unpaired) electrons. The Morgan fingerprint density at radius 2 is 1.68 bits per heavy atom. The topological polar surface area (TPSA) is 3.24 Å². The first-order chi connectivity index (χ1) is 9.10. The first kappa shape index (κ1) is 14.2. The molecular formula is C15H14Cl2FN. The van der Waals surface area contributed by atoms with Crippen LogP contribution in [0.4, 0.5) is 10.1 Å². The van der Waals surface area contributed by atoms with Crippen LogP contribution < -0.4 is 4.90 Å². The van der Waals surface area contributed by atoms with Crippen LogP contribution in [0.5, 0.6) is 0 Å². The fourth-order valence-electron chi connectivity index (χ4n) is 1.89. The zero-order valence-corrected chi connectivity index (χ0v) is 12.0. The standard InChI is InChI=1S/C15H14Cl2FN/c1-19(10-11-2-5-13(17)6-3-11)15-7-4-12(9-16)8-14(15)18/h2-8H,9-10H2,1H3. The van der Waals surface area contributed by atoms with Gasteiger partial charge >= 0.3 is 0 Å². The van der Waals surface area contributed by atoms with Gasteiger partial charge in [-0.25, -0.2) is 4.39 Å². The molecule has 0 spiro atoms. The van der Waals surface area contributed by atoms with Gasteiger partial charge in [-0.1, -0.05) is 29.8 Å². The maximum absolute atomic E-state index is 13.9. The normalized spacial score (nSPS) is 10.5. The van der Waals surface area contributed by atoms with Gasteiger partial charge in [0, 0.05) is 24.5 Å². The highest BCUT2D eigenvalue weighted by atomic mass is 35.5. The van der Waals surface area contributed by atoms with E-state index in [-0.39, 0.29) is 5.82 Å². The molecule has 0 N–H and O–H groups in total. The summed E-state index contributed by atoms with van der Waals surface area (Å²) in [5.74, 6) is 0.0626. The minimum atomic E-state index is -0.255. The maximum atomic E-state index is 13.9. The van der Waals surface area contributed by atoms with Crippen LogP contribution in [0.1, 0.15) is 11.1 Å². The predicted octanol–water partition coefficient (Wildman–Crippen LogP) is 4.85. The second kappa shape index (κ2) is 6.27. The SMILES string of the molecule is CN(Cc1ccc(Cl)cc1)c1ccc(CCl)cc1F. The molecule has 0 unspecified atom stereocenters. The van der Waals surface area contributed by atoms with Gasteiger partial charge in [0.1, 0.15) is 5.82 Å². The number of anilines is 1. The fraction of sp³-hybridized carbons (Fsp3) is 0.200. The van der Waals surface area contributed by atoms with Crippen molar-refractivity contribution in [3.8, 4) is 0 Å². The van der Waals surface area contributed by atoms with Crippen LogP contribution in [-0.4, -0.2) is 7.05 Å². The highest BCUT2D eigenvalue weighted by molar-refractivity contribution is 6.30. The molecule has 4 heteroatoms. The highest BCUT2D eigenvalue weighted by Crippen LogP contribution is 2.22. The molecule has 1 nitrogen and oxygen atoms in total. The highest BCUT2D eigenvalue weighted by Gasteiger charge is 2.08. The van der Waals surface area contributed by atoms with Gasteiger partial charge in [0.05, 0.1) is 5.69 Å². The van der Waals surface area contributed by atoms with Crippen LogP contribution in [-0.2, 0) is 12.4 Å². The molecule has 0 aliphatic rings. The molecule has 0 fully saturated rings. The number of rotatable bonds is 4. The Balaban J connectivity index is 2.15. The zero-order chi connectivity index (χ0) is 13.8. The van der Waals surface area contributed by atoms with Crippen LogP contribution >= 0.6 is 23.2 Å². The second-order valence-electron chi connectivity index (χ2n) is 4.40. The van der Waals surface area contributed by atoms with E-state index in [1.54, 1.807) is 6.07 Å². The monoisotopic (exact) mass is 297 g/mol. The average Bonchev–Trinajstić information content (AvgIpc) is 2.41. The first-order valence-corrected chi connectivity index (χ1v) is 6.81. The molecule has 0 amide bonds. The Kier molecular flexibility index (Phi) is 4.67. The number of alkyl halides is 1. The summed E-state index contributed by atoms with van der Waals surface area (Å²) in [5, 5.41) is 0.698. The lowest BCUT2D eigenvalue weighted by atomic mass is 10.1. The Morgan fingerprint density at radius 1 is 1.05 bits per heavy atom. The molecule has 0 saturated heterocycles. The third-order valence-electron chi connectivity index (χ3n) is 2.91. The molecule has 0 saturated carbocycles. The summed E-state index contributed by atoms with van der Waals surface area (Å²) in [5.41, 5.74) is 2.42. The van der Waals surface area contributed by atoms with Crippen molar-refractivity contribution in [1.29, 1.82) is 0 Å². The van der Waals surface area contributed by atoms with Gasteiger partial charge in [-0.05, 0) is 35.4 Å². The molecule has 0 aromatic heterocycles. The van der Waals surface area contributed by atoms with Crippen molar-refractivity contribution < 1.29 is 4.39 Å². The minimum Gasteiger partial charge on any atom is -0.368 e. The van der Waals surface area contributed by atoms with Gasteiger partial charge in [-0.3, -0.25) is 0 Å². The van der Waals surface area contributed by atoms with Crippen molar-refractivity contribution >= 4 is 28.9 Å². The van der Waals surface area contributed by atoms with E-state index in [0.29, 0.717) is 23.1 Å². The zero-order valence-electron chi connectivity index (χ0n) is 10.5. The molecule has 100 valence electrons. The van der Waals surface area contributed by atoms with Crippen LogP contribution in [0.3, 0.4) is 0 Å². The predicted molar refractivity (Wildman–Crippen MR) is 79.5 cm³/mol. The van der Waals surface area contributed by atoms with Gasteiger partial charge < -0.3 is 4.90 Å².